The van der Waals surface area contributed by atoms with E-state index in [1.165, 1.54) is 7.05 Å². The normalized spacial score (nSPS) is 19.9. The van der Waals surface area contributed by atoms with E-state index in [0.717, 1.165) is 25.9 Å². The predicted molar refractivity (Wildman–Crippen MR) is 104 cm³/mol. The summed E-state index contributed by atoms with van der Waals surface area (Å²) in [7, 11) is 1.53. The molecule has 1 radical (unpaired) electrons. The first-order valence-electron chi connectivity index (χ1n) is 9.56. The molecule has 161 valence electrons. The molecule has 1 N–H and O–H groups in total. The zero-order valence-corrected chi connectivity index (χ0v) is 20.9. The van der Waals surface area contributed by atoms with Gasteiger partial charge < -0.3 is 30.1 Å². The summed E-state index contributed by atoms with van der Waals surface area (Å²) in [6.07, 6.45) is 1.59. The molecule has 0 aromatic rings. The van der Waals surface area contributed by atoms with Crippen molar-refractivity contribution >= 4 is 12.1 Å². The molecule has 0 bridgehead atoms. The van der Waals surface area contributed by atoms with Crippen LogP contribution in [0.2, 0.25) is 0 Å². The molecule has 2 heterocycles. The third-order valence-corrected chi connectivity index (χ3v) is 4.51. The van der Waals surface area contributed by atoms with E-state index in [4.69, 9.17) is 14.6 Å². The molecule has 9 heteroatoms. The van der Waals surface area contributed by atoms with Crippen molar-refractivity contribution in [3.63, 3.8) is 0 Å². The number of ether oxygens (including phenoxy) is 2. The van der Waals surface area contributed by atoms with E-state index in [-0.39, 0.29) is 50.3 Å². The van der Waals surface area contributed by atoms with E-state index in [1.807, 2.05) is 34.6 Å². The minimum Gasteiger partial charge on any atom is -0.662 e. The minimum absolute atomic E-state index is 0. The van der Waals surface area contributed by atoms with Crippen LogP contribution >= 0.6 is 0 Å². The number of carbonyl (C=O) groups excluding carboxylic acids is 1. The largest absolute Gasteiger partial charge is 0.662 e. The van der Waals surface area contributed by atoms with Gasteiger partial charge in [-0.05, 0) is 39.7 Å². The number of nitrogens with zero attached hydrogens (tertiary/aromatic N) is 3. The number of hydrogen-bond acceptors (Lipinski definition) is 4. The van der Waals surface area contributed by atoms with Crippen molar-refractivity contribution in [1.82, 2.24) is 4.90 Å². The van der Waals surface area contributed by atoms with Crippen molar-refractivity contribution in [2.75, 3.05) is 39.8 Å². The number of hydrogen-bond donors (Lipinski definition) is 1. The van der Waals surface area contributed by atoms with Gasteiger partial charge in [0.25, 0.3) is 5.97 Å². The van der Waals surface area contributed by atoms with Gasteiger partial charge in [-0.15, -0.1) is 13.1 Å². The molecule has 28 heavy (non-hydrogen) atoms. The molecule has 0 saturated carbocycles. The topological polar surface area (TPSA) is 104 Å². The van der Waals surface area contributed by atoms with E-state index in [2.05, 4.69) is 10.6 Å². The molecule has 0 aromatic carbocycles. The number of piperidine rings is 1. The fraction of sp³-hybridized carbons (Fsp3) is 0.895. The average molecular weight is 474 g/mol. The standard InChI is InChI=1S/C13H23N2O3.C6H12NO2.Y/c1-12(2,3)18-11(16)15-8-9-17-13(10-15)4-6-14-7-5-13;1-4(2)5(7-3)6(8)9;/h4-10H2,1-3H3;4-5H,1-3H3,(H,8,9);/q2*-1;. The first-order valence-corrected chi connectivity index (χ1v) is 9.56. The Labute approximate surface area is 194 Å². The second-order valence-electron chi connectivity index (χ2n) is 8.39. The van der Waals surface area contributed by atoms with E-state index < -0.39 is 17.6 Å². The fourth-order valence-electron chi connectivity index (χ4n) is 3.13. The first-order chi connectivity index (χ1) is 12.5. The van der Waals surface area contributed by atoms with Gasteiger partial charge in [-0.1, -0.05) is 19.8 Å². The summed E-state index contributed by atoms with van der Waals surface area (Å²) < 4.78 is 11.3. The predicted octanol–water partition coefficient (Wildman–Crippen LogP) is 3.26. The number of rotatable bonds is 3. The molecule has 2 fully saturated rings. The number of likely N-dealkylation sites (N-methyl/N-ethyl adjacent to an activating group) is 1. The monoisotopic (exact) mass is 474 g/mol. The molecule has 1 atom stereocenters. The van der Waals surface area contributed by atoms with Gasteiger partial charge >= 0.3 is 6.09 Å². The number of carboxylic acid groups (broad SMARTS) is 1. The van der Waals surface area contributed by atoms with Crippen LogP contribution in [-0.2, 0) is 47.0 Å². The summed E-state index contributed by atoms with van der Waals surface area (Å²) in [5.41, 5.74) is -0.624. The Morgan fingerprint density at radius 3 is 2.21 bits per heavy atom. The van der Waals surface area contributed by atoms with E-state index in [0.29, 0.717) is 19.7 Å². The molecule has 2 aliphatic heterocycles. The molecule has 0 aliphatic carbocycles. The summed E-state index contributed by atoms with van der Waals surface area (Å²) in [4.78, 5) is 24.1. The summed E-state index contributed by atoms with van der Waals surface area (Å²) >= 11 is 0. The van der Waals surface area contributed by atoms with Gasteiger partial charge in [-0.3, -0.25) is 4.79 Å². The van der Waals surface area contributed by atoms with Gasteiger partial charge in [0.2, 0.25) is 0 Å². The zero-order chi connectivity index (χ0) is 20.7. The Kier molecular flexibility index (Phi) is 12.3. The molecule has 1 unspecified atom stereocenters. The van der Waals surface area contributed by atoms with Gasteiger partial charge in [0, 0.05) is 39.3 Å². The van der Waals surface area contributed by atoms with Crippen molar-refractivity contribution in [1.29, 1.82) is 0 Å². The SMILES string of the molecule is CC(C)(C)OC(=O)N1CCOC2(CC[N-]CC2)C1.C[N-]C(C(=O)O)C(C)C.[Y]. The molecule has 0 aromatic heterocycles. The van der Waals surface area contributed by atoms with Gasteiger partial charge in [-0.2, -0.15) is 7.05 Å². The second kappa shape index (κ2) is 12.4. The number of carboxylic acids is 1. The molecule has 2 rings (SSSR count). The van der Waals surface area contributed by atoms with Crippen LogP contribution in [0, 0.1) is 5.92 Å². The van der Waals surface area contributed by atoms with Gasteiger partial charge in [0.1, 0.15) is 5.60 Å². The number of morpholine rings is 1. The molecule has 2 saturated heterocycles. The van der Waals surface area contributed by atoms with Crippen molar-refractivity contribution in [3.05, 3.63) is 10.6 Å². The van der Waals surface area contributed by atoms with E-state index in [9.17, 15) is 9.59 Å². The van der Waals surface area contributed by atoms with E-state index in [1.54, 1.807) is 4.90 Å². The molecular weight excluding hydrogens is 439 g/mol. The second-order valence-corrected chi connectivity index (χ2v) is 8.39. The third kappa shape index (κ3) is 9.48. The molecule has 1 spiro atoms. The van der Waals surface area contributed by atoms with Crippen LogP contribution in [0.3, 0.4) is 0 Å². The van der Waals surface area contributed by atoms with Crippen LogP contribution in [0.15, 0.2) is 0 Å². The van der Waals surface area contributed by atoms with Crippen LogP contribution in [0.1, 0.15) is 47.5 Å². The maximum Gasteiger partial charge on any atom is 0.410 e. The Morgan fingerprint density at radius 1 is 1.25 bits per heavy atom. The van der Waals surface area contributed by atoms with Crippen molar-refractivity contribution in [3.8, 4) is 0 Å². The van der Waals surface area contributed by atoms with Gasteiger partial charge in [0.05, 0.1) is 18.8 Å². The molecule has 1 amide bonds. The number of carbonyl (C=O) groups is 2. The van der Waals surface area contributed by atoms with Crippen molar-refractivity contribution in [2.45, 2.75) is 64.7 Å². The Hall–Kier alpha value is -0.276. The number of aliphatic carboxylic acids is 1. The van der Waals surface area contributed by atoms with Crippen LogP contribution in [0.25, 0.3) is 10.6 Å². The Balaban J connectivity index is 0.000000627. The third-order valence-electron chi connectivity index (χ3n) is 4.51. The smallest absolute Gasteiger partial charge is 0.410 e. The maximum atomic E-state index is 12.1. The zero-order valence-electron chi connectivity index (χ0n) is 18.1. The average Bonchev–Trinajstić information content (AvgIpc) is 2.54. The van der Waals surface area contributed by atoms with Crippen LogP contribution in [-0.4, -0.2) is 79.1 Å². The van der Waals surface area contributed by atoms with E-state index >= 15 is 0 Å². The van der Waals surface area contributed by atoms with Gasteiger partial charge in [-0.25, -0.2) is 4.79 Å². The van der Waals surface area contributed by atoms with Gasteiger partial charge in [0.15, 0.2) is 0 Å². The summed E-state index contributed by atoms with van der Waals surface area (Å²) in [6, 6.07) is -0.537. The minimum atomic E-state index is -0.840. The van der Waals surface area contributed by atoms with Crippen molar-refractivity contribution in [2.24, 2.45) is 5.92 Å². The first kappa shape index (κ1) is 27.7. The van der Waals surface area contributed by atoms with Crippen molar-refractivity contribution < 1.29 is 56.9 Å². The summed E-state index contributed by atoms with van der Waals surface area (Å²) in [5, 5.41) is 16.5. The maximum absolute atomic E-state index is 12.1. The van der Waals surface area contributed by atoms with Crippen LogP contribution < -0.4 is 0 Å². The van der Waals surface area contributed by atoms with Crippen LogP contribution in [0.5, 0.6) is 0 Å². The molecular formula is C19H35N3O5Y-2. The Morgan fingerprint density at radius 2 is 1.82 bits per heavy atom. The molecule has 2 aliphatic rings. The molecule has 8 nitrogen and oxygen atoms in total. The summed E-state index contributed by atoms with van der Waals surface area (Å²) in [6.45, 7) is 12.9. The fourth-order valence-corrected chi connectivity index (χ4v) is 3.13. The number of amides is 1. The van der Waals surface area contributed by atoms with Crippen LogP contribution in [0.4, 0.5) is 4.79 Å². The Bertz CT molecular complexity index is 485. The summed E-state index contributed by atoms with van der Waals surface area (Å²) in [5.74, 6) is -0.750. The quantitative estimate of drug-likeness (QED) is 0.676.